The van der Waals surface area contributed by atoms with E-state index < -0.39 is 30.7 Å². The summed E-state index contributed by atoms with van der Waals surface area (Å²) < 4.78 is 24.0. The summed E-state index contributed by atoms with van der Waals surface area (Å²) in [6, 6.07) is 26.9. The van der Waals surface area contributed by atoms with Gasteiger partial charge in [-0.1, -0.05) is 72.8 Å². The third kappa shape index (κ3) is 7.11. The molecule has 3 aromatic rings. The van der Waals surface area contributed by atoms with Crippen molar-refractivity contribution in [3.63, 3.8) is 0 Å². The first-order valence-electron chi connectivity index (χ1n) is 11.9. The Balaban J connectivity index is 1.44. The Hall–Kier alpha value is -2.78. The van der Waals surface area contributed by atoms with Crippen LogP contribution in [0.25, 0.3) is 0 Å². The highest BCUT2D eigenvalue weighted by atomic mass is 16.7. The van der Waals surface area contributed by atoms with Crippen LogP contribution in [0, 0.1) is 0 Å². The molecule has 3 aromatic carbocycles. The third-order valence-electron chi connectivity index (χ3n) is 5.93. The van der Waals surface area contributed by atoms with Gasteiger partial charge < -0.3 is 34.9 Å². The van der Waals surface area contributed by atoms with E-state index in [4.69, 9.17) is 24.7 Å². The average Bonchev–Trinajstić information content (AvgIpc) is 2.89. The van der Waals surface area contributed by atoms with E-state index in [9.17, 15) is 10.2 Å². The molecule has 0 saturated carbocycles. The normalized spacial score (nSPS) is 24.3. The average molecular weight is 480 g/mol. The highest BCUT2D eigenvalue weighted by Crippen LogP contribution is 2.28. The van der Waals surface area contributed by atoms with Crippen molar-refractivity contribution in [2.24, 2.45) is 5.73 Å². The number of rotatable bonds is 11. The molecule has 7 heteroatoms. The van der Waals surface area contributed by atoms with Crippen molar-refractivity contribution in [1.82, 2.24) is 0 Å². The van der Waals surface area contributed by atoms with Gasteiger partial charge in [-0.05, 0) is 41.8 Å². The summed E-state index contributed by atoms with van der Waals surface area (Å²) in [7, 11) is 0. The summed E-state index contributed by atoms with van der Waals surface area (Å²) in [5.74, 6) is 0.566. The molecule has 0 aliphatic carbocycles. The van der Waals surface area contributed by atoms with E-state index in [1.807, 2.05) is 84.9 Å². The molecule has 7 nitrogen and oxygen atoms in total. The third-order valence-corrected chi connectivity index (χ3v) is 5.93. The maximum atomic E-state index is 11.0. The van der Waals surface area contributed by atoms with Crippen molar-refractivity contribution < 1.29 is 29.2 Å². The SMILES string of the molecule is NCCc1ccc(OC2OC(COCc3ccccc3)C(O)C(O)C2OCc2ccccc2)cc1. The van der Waals surface area contributed by atoms with Crippen LogP contribution in [0.3, 0.4) is 0 Å². The summed E-state index contributed by atoms with van der Waals surface area (Å²) in [4.78, 5) is 0. The van der Waals surface area contributed by atoms with Crippen molar-refractivity contribution in [1.29, 1.82) is 0 Å². The van der Waals surface area contributed by atoms with Crippen molar-refractivity contribution in [3.8, 4) is 5.75 Å². The van der Waals surface area contributed by atoms with Crippen LogP contribution in [-0.4, -0.2) is 54.1 Å². The smallest absolute Gasteiger partial charge is 0.229 e. The van der Waals surface area contributed by atoms with Crippen LogP contribution in [0.2, 0.25) is 0 Å². The van der Waals surface area contributed by atoms with E-state index in [0.717, 1.165) is 23.1 Å². The molecule has 5 atom stereocenters. The molecule has 4 N–H and O–H groups in total. The lowest BCUT2D eigenvalue weighted by Crippen LogP contribution is -2.61. The van der Waals surface area contributed by atoms with E-state index in [2.05, 4.69) is 0 Å². The Morgan fingerprint density at radius 1 is 0.743 bits per heavy atom. The minimum Gasteiger partial charge on any atom is -0.462 e. The topological polar surface area (TPSA) is 103 Å². The number of hydrogen-bond donors (Lipinski definition) is 3. The van der Waals surface area contributed by atoms with Gasteiger partial charge in [0.25, 0.3) is 0 Å². The number of aliphatic hydroxyl groups is 2. The standard InChI is InChI=1S/C28H33NO6/c29-16-15-20-11-13-23(14-12-20)34-28-27(33-18-22-9-5-2-6-10-22)26(31)25(30)24(35-28)19-32-17-21-7-3-1-4-8-21/h1-14,24-28,30-31H,15-19,29H2. The Morgan fingerprint density at radius 3 is 2.00 bits per heavy atom. The molecule has 1 saturated heterocycles. The zero-order chi connectivity index (χ0) is 24.5. The number of hydrogen-bond acceptors (Lipinski definition) is 7. The first-order valence-corrected chi connectivity index (χ1v) is 11.9. The molecular formula is C28H33NO6. The fraction of sp³-hybridized carbons (Fsp3) is 0.357. The zero-order valence-electron chi connectivity index (χ0n) is 19.6. The van der Waals surface area contributed by atoms with Gasteiger partial charge in [0.2, 0.25) is 6.29 Å². The van der Waals surface area contributed by atoms with Crippen molar-refractivity contribution in [2.45, 2.75) is 50.3 Å². The lowest BCUT2D eigenvalue weighted by atomic mass is 9.99. The minimum atomic E-state index is -1.22. The van der Waals surface area contributed by atoms with Crippen LogP contribution in [0.4, 0.5) is 0 Å². The molecule has 1 fully saturated rings. The van der Waals surface area contributed by atoms with Crippen LogP contribution in [0.5, 0.6) is 5.75 Å². The summed E-state index contributed by atoms with van der Waals surface area (Å²) in [5, 5.41) is 21.7. The molecule has 1 aliphatic heterocycles. The molecule has 5 unspecified atom stereocenters. The molecular weight excluding hydrogens is 446 g/mol. The molecule has 0 radical (unpaired) electrons. The summed E-state index contributed by atoms with van der Waals surface area (Å²) in [6.45, 7) is 1.26. The minimum absolute atomic E-state index is 0.0911. The molecule has 4 rings (SSSR count). The number of aliphatic hydroxyl groups excluding tert-OH is 2. The summed E-state index contributed by atoms with van der Waals surface area (Å²) in [6.07, 6.45) is -4.28. The molecule has 0 bridgehead atoms. The van der Waals surface area contributed by atoms with Crippen LogP contribution in [-0.2, 0) is 33.8 Å². The number of ether oxygens (including phenoxy) is 4. The van der Waals surface area contributed by atoms with Gasteiger partial charge in [0.15, 0.2) is 0 Å². The van der Waals surface area contributed by atoms with Gasteiger partial charge >= 0.3 is 0 Å². The first-order chi connectivity index (χ1) is 17.1. The second kappa shape index (κ2) is 12.8. The molecule has 0 spiro atoms. The van der Waals surface area contributed by atoms with Crippen LogP contribution in [0.1, 0.15) is 16.7 Å². The predicted octanol–water partition coefficient (Wildman–Crippen LogP) is 2.82. The maximum absolute atomic E-state index is 11.0. The second-order valence-corrected chi connectivity index (χ2v) is 8.59. The van der Waals surface area contributed by atoms with Crippen LogP contribution >= 0.6 is 0 Å². The number of benzene rings is 3. The van der Waals surface area contributed by atoms with E-state index in [1.54, 1.807) is 0 Å². The Bertz CT molecular complexity index is 999. The molecule has 1 heterocycles. The monoisotopic (exact) mass is 479 g/mol. The van der Waals surface area contributed by atoms with Gasteiger partial charge in [0.1, 0.15) is 30.2 Å². The maximum Gasteiger partial charge on any atom is 0.229 e. The lowest BCUT2D eigenvalue weighted by Gasteiger charge is -2.42. The largest absolute Gasteiger partial charge is 0.462 e. The van der Waals surface area contributed by atoms with E-state index in [0.29, 0.717) is 18.9 Å². The van der Waals surface area contributed by atoms with E-state index in [-0.39, 0.29) is 13.2 Å². The fourth-order valence-electron chi connectivity index (χ4n) is 3.98. The Morgan fingerprint density at radius 2 is 1.37 bits per heavy atom. The molecule has 186 valence electrons. The van der Waals surface area contributed by atoms with Gasteiger partial charge in [-0.2, -0.15) is 0 Å². The highest BCUT2D eigenvalue weighted by Gasteiger charge is 2.46. The number of nitrogens with two attached hydrogens (primary N) is 1. The van der Waals surface area contributed by atoms with Gasteiger partial charge in [-0.25, -0.2) is 0 Å². The quantitative estimate of drug-likeness (QED) is 0.389. The molecule has 0 aromatic heterocycles. The van der Waals surface area contributed by atoms with Crippen molar-refractivity contribution >= 4 is 0 Å². The second-order valence-electron chi connectivity index (χ2n) is 8.59. The molecule has 1 aliphatic rings. The van der Waals surface area contributed by atoms with E-state index >= 15 is 0 Å². The molecule has 35 heavy (non-hydrogen) atoms. The van der Waals surface area contributed by atoms with E-state index in [1.165, 1.54) is 0 Å². The van der Waals surface area contributed by atoms with Gasteiger partial charge in [-0.15, -0.1) is 0 Å². The van der Waals surface area contributed by atoms with Crippen LogP contribution < -0.4 is 10.5 Å². The Labute approximate surface area is 206 Å². The Kier molecular flexibility index (Phi) is 9.25. The van der Waals surface area contributed by atoms with Crippen LogP contribution in [0.15, 0.2) is 84.9 Å². The van der Waals surface area contributed by atoms with Crippen molar-refractivity contribution in [3.05, 3.63) is 102 Å². The predicted molar refractivity (Wildman–Crippen MR) is 132 cm³/mol. The summed E-state index contributed by atoms with van der Waals surface area (Å²) >= 11 is 0. The first kappa shape index (κ1) is 25.3. The van der Waals surface area contributed by atoms with Gasteiger partial charge in [0.05, 0.1) is 19.8 Å². The van der Waals surface area contributed by atoms with Gasteiger partial charge in [-0.3, -0.25) is 0 Å². The van der Waals surface area contributed by atoms with Crippen molar-refractivity contribution in [2.75, 3.05) is 13.2 Å². The molecule has 0 amide bonds. The highest BCUT2D eigenvalue weighted by molar-refractivity contribution is 5.27. The van der Waals surface area contributed by atoms with Gasteiger partial charge in [0, 0.05) is 0 Å². The summed E-state index contributed by atoms with van der Waals surface area (Å²) in [5.41, 5.74) is 8.68. The zero-order valence-corrected chi connectivity index (χ0v) is 19.6. The lowest BCUT2D eigenvalue weighted by molar-refractivity contribution is -0.292. The fourth-order valence-corrected chi connectivity index (χ4v) is 3.98.